The number of rotatable bonds is 4. The van der Waals surface area contributed by atoms with Gasteiger partial charge in [-0.05, 0) is 25.7 Å². The van der Waals surface area contributed by atoms with E-state index in [9.17, 15) is 8.42 Å². The second-order valence-electron chi connectivity index (χ2n) is 3.89. The highest BCUT2D eigenvalue weighted by Gasteiger charge is 2.36. The zero-order valence-corrected chi connectivity index (χ0v) is 8.69. The predicted octanol–water partition coefficient (Wildman–Crippen LogP) is 1.11. The van der Waals surface area contributed by atoms with Crippen LogP contribution in [0.1, 0.15) is 33.6 Å². The zero-order valence-electron chi connectivity index (χ0n) is 7.87. The van der Waals surface area contributed by atoms with Crippen molar-refractivity contribution in [2.24, 2.45) is 5.92 Å². The maximum Gasteiger partial charge on any atom is 0.214 e. The van der Waals surface area contributed by atoms with Crippen molar-refractivity contribution in [2.75, 3.05) is 0 Å². The van der Waals surface area contributed by atoms with Gasteiger partial charge in [-0.25, -0.2) is 13.1 Å². The first-order valence-electron chi connectivity index (χ1n) is 4.44. The summed E-state index contributed by atoms with van der Waals surface area (Å²) in [5, 5.41) is -0.0984. The summed E-state index contributed by atoms with van der Waals surface area (Å²) in [7, 11) is -2.98. The first kappa shape index (κ1) is 9.99. The Balaban J connectivity index is 2.49. The fourth-order valence-electron chi connectivity index (χ4n) is 0.870. The lowest BCUT2D eigenvalue weighted by atomic mass is 10.1. The average molecular weight is 191 g/mol. The summed E-state index contributed by atoms with van der Waals surface area (Å²) in [4.78, 5) is 0. The van der Waals surface area contributed by atoms with Gasteiger partial charge in [0.15, 0.2) is 0 Å². The highest BCUT2D eigenvalue weighted by atomic mass is 32.2. The third kappa shape index (κ3) is 2.45. The number of hydrogen-bond acceptors (Lipinski definition) is 2. The summed E-state index contributed by atoms with van der Waals surface area (Å²) < 4.78 is 25.5. The van der Waals surface area contributed by atoms with Crippen LogP contribution >= 0.6 is 0 Å². The standard InChI is InChI=1S/C8H17NO2S/c1-6(2)7(3)9-12(10,11)8-4-5-8/h6-9H,4-5H2,1-3H3. The molecule has 3 nitrogen and oxygen atoms in total. The molecule has 0 aromatic heterocycles. The van der Waals surface area contributed by atoms with Crippen molar-refractivity contribution in [2.45, 2.75) is 44.9 Å². The normalized spacial score (nSPS) is 21.3. The van der Waals surface area contributed by atoms with Crippen LogP contribution in [0.4, 0.5) is 0 Å². The summed E-state index contributed by atoms with van der Waals surface area (Å²) in [6.07, 6.45) is 1.67. The van der Waals surface area contributed by atoms with Crippen LogP contribution in [0.3, 0.4) is 0 Å². The van der Waals surface area contributed by atoms with Crippen LogP contribution in [-0.4, -0.2) is 19.7 Å². The van der Waals surface area contributed by atoms with Gasteiger partial charge in [-0.1, -0.05) is 13.8 Å². The van der Waals surface area contributed by atoms with E-state index in [0.29, 0.717) is 5.92 Å². The molecule has 0 bridgehead atoms. The predicted molar refractivity (Wildman–Crippen MR) is 49.4 cm³/mol. The first-order chi connectivity index (χ1) is 5.43. The molecule has 1 aliphatic carbocycles. The van der Waals surface area contributed by atoms with Crippen molar-refractivity contribution in [1.82, 2.24) is 4.72 Å². The van der Waals surface area contributed by atoms with Crippen LogP contribution in [0.15, 0.2) is 0 Å². The van der Waals surface area contributed by atoms with Gasteiger partial charge in [-0.15, -0.1) is 0 Å². The molecule has 0 saturated heterocycles. The fraction of sp³-hybridized carbons (Fsp3) is 1.00. The Kier molecular flexibility index (Phi) is 2.78. The fourth-order valence-corrected chi connectivity index (χ4v) is 2.61. The van der Waals surface area contributed by atoms with Crippen molar-refractivity contribution in [3.8, 4) is 0 Å². The molecule has 0 amide bonds. The largest absolute Gasteiger partial charge is 0.214 e. The molecule has 1 atom stereocenters. The zero-order chi connectivity index (χ0) is 9.35. The van der Waals surface area contributed by atoms with Crippen LogP contribution in [0.5, 0.6) is 0 Å². The van der Waals surface area contributed by atoms with Gasteiger partial charge < -0.3 is 0 Å². The molecule has 1 aliphatic rings. The molecule has 0 aromatic carbocycles. The summed E-state index contributed by atoms with van der Waals surface area (Å²) >= 11 is 0. The number of sulfonamides is 1. The van der Waals surface area contributed by atoms with Crippen molar-refractivity contribution < 1.29 is 8.42 Å². The molecular formula is C8H17NO2S. The second kappa shape index (κ2) is 3.34. The smallest absolute Gasteiger partial charge is 0.212 e. The van der Waals surface area contributed by atoms with Gasteiger partial charge in [0, 0.05) is 6.04 Å². The second-order valence-corrected chi connectivity index (χ2v) is 5.89. The SMILES string of the molecule is CC(C)C(C)NS(=O)(=O)C1CC1. The van der Waals surface area contributed by atoms with Gasteiger partial charge in [-0.3, -0.25) is 0 Å². The quantitative estimate of drug-likeness (QED) is 0.723. The Labute approximate surface area is 74.6 Å². The minimum atomic E-state index is -2.98. The van der Waals surface area contributed by atoms with Gasteiger partial charge in [-0.2, -0.15) is 0 Å². The van der Waals surface area contributed by atoms with E-state index in [-0.39, 0.29) is 11.3 Å². The minimum Gasteiger partial charge on any atom is -0.212 e. The van der Waals surface area contributed by atoms with Gasteiger partial charge in [0.25, 0.3) is 0 Å². The van der Waals surface area contributed by atoms with Gasteiger partial charge in [0.2, 0.25) is 10.0 Å². The lowest BCUT2D eigenvalue weighted by molar-refractivity contribution is 0.476. The van der Waals surface area contributed by atoms with E-state index in [1.807, 2.05) is 20.8 Å². The molecule has 1 N–H and O–H groups in total. The Morgan fingerprint density at radius 2 is 1.75 bits per heavy atom. The van der Waals surface area contributed by atoms with E-state index >= 15 is 0 Å². The lowest BCUT2D eigenvalue weighted by Gasteiger charge is -2.16. The maximum absolute atomic E-state index is 11.4. The van der Waals surface area contributed by atoms with E-state index in [4.69, 9.17) is 0 Å². The molecule has 72 valence electrons. The monoisotopic (exact) mass is 191 g/mol. The van der Waals surface area contributed by atoms with E-state index in [1.54, 1.807) is 0 Å². The Hall–Kier alpha value is -0.0900. The van der Waals surface area contributed by atoms with Crippen molar-refractivity contribution in [3.63, 3.8) is 0 Å². The van der Waals surface area contributed by atoms with E-state index < -0.39 is 10.0 Å². The molecule has 1 saturated carbocycles. The highest BCUT2D eigenvalue weighted by Crippen LogP contribution is 2.27. The van der Waals surface area contributed by atoms with Crippen LogP contribution in [0, 0.1) is 5.92 Å². The Morgan fingerprint density at radius 3 is 2.08 bits per heavy atom. The van der Waals surface area contributed by atoms with E-state index in [0.717, 1.165) is 12.8 Å². The minimum absolute atomic E-state index is 0.0515. The molecule has 1 rings (SSSR count). The van der Waals surface area contributed by atoms with Crippen molar-refractivity contribution >= 4 is 10.0 Å². The van der Waals surface area contributed by atoms with E-state index in [1.165, 1.54) is 0 Å². The molecule has 12 heavy (non-hydrogen) atoms. The highest BCUT2D eigenvalue weighted by molar-refractivity contribution is 7.90. The summed E-state index contributed by atoms with van der Waals surface area (Å²) in [6, 6.07) is 0.0515. The van der Waals surface area contributed by atoms with Crippen molar-refractivity contribution in [1.29, 1.82) is 0 Å². The maximum atomic E-state index is 11.4. The van der Waals surface area contributed by atoms with Crippen molar-refractivity contribution in [3.05, 3.63) is 0 Å². The summed E-state index contributed by atoms with van der Waals surface area (Å²) in [6.45, 7) is 5.94. The lowest BCUT2D eigenvalue weighted by Crippen LogP contribution is -2.38. The third-order valence-electron chi connectivity index (χ3n) is 2.31. The average Bonchev–Trinajstić information content (AvgIpc) is 2.65. The molecular weight excluding hydrogens is 174 g/mol. The van der Waals surface area contributed by atoms with Crippen LogP contribution in [-0.2, 0) is 10.0 Å². The summed E-state index contributed by atoms with van der Waals surface area (Å²) in [5.41, 5.74) is 0. The third-order valence-corrected chi connectivity index (χ3v) is 4.36. The molecule has 4 heteroatoms. The Bertz CT molecular complexity index is 242. The molecule has 0 heterocycles. The van der Waals surface area contributed by atoms with Crippen LogP contribution in [0.2, 0.25) is 0 Å². The molecule has 1 fully saturated rings. The van der Waals surface area contributed by atoms with Crippen LogP contribution in [0.25, 0.3) is 0 Å². The molecule has 0 aliphatic heterocycles. The van der Waals surface area contributed by atoms with Gasteiger partial charge in [0.1, 0.15) is 0 Å². The molecule has 0 radical (unpaired) electrons. The number of nitrogens with one attached hydrogen (secondary N) is 1. The topological polar surface area (TPSA) is 46.2 Å². The molecule has 0 spiro atoms. The van der Waals surface area contributed by atoms with Gasteiger partial charge in [0.05, 0.1) is 5.25 Å². The molecule has 0 aromatic rings. The van der Waals surface area contributed by atoms with Gasteiger partial charge >= 0.3 is 0 Å². The van der Waals surface area contributed by atoms with E-state index in [2.05, 4.69) is 4.72 Å². The van der Waals surface area contributed by atoms with Crippen LogP contribution < -0.4 is 4.72 Å². The Morgan fingerprint density at radius 1 is 1.25 bits per heavy atom. The first-order valence-corrected chi connectivity index (χ1v) is 5.99. The summed E-state index contributed by atoms with van der Waals surface area (Å²) in [5.74, 6) is 0.360. The number of hydrogen-bond donors (Lipinski definition) is 1. The molecule has 1 unspecified atom stereocenters.